The van der Waals surface area contributed by atoms with Gasteiger partial charge in [0.2, 0.25) is 0 Å². The lowest BCUT2D eigenvalue weighted by Crippen LogP contribution is -2.14. The summed E-state index contributed by atoms with van der Waals surface area (Å²) >= 11 is 0. The van der Waals surface area contributed by atoms with Crippen LogP contribution in [0.2, 0.25) is 0 Å². The van der Waals surface area contributed by atoms with Gasteiger partial charge in [-0.15, -0.1) is 0 Å². The number of furan rings is 2. The number of fused-ring (bicyclic) bond motifs is 15. The van der Waals surface area contributed by atoms with E-state index in [2.05, 4.69) is 178 Å². The molecular formula is C57H36O2. The van der Waals surface area contributed by atoms with E-state index >= 15 is 0 Å². The van der Waals surface area contributed by atoms with Crippen LogP contribution in [0, 0.1) is 0 Å². The first-order valence-electron chi connectivity index (χ1n) is 20.5. The van der Waals surface area contributed by atoms with Gasteiger partial charge in [0.05, 0.1) is 0 Å². The maximum Gasteiger partial charge on any atom is 0.136 e. The third kappa shape index (κ3) is 4.69. The fourth-order valence-corrected chi connectivity index (χ4v) is 10.2. The van der Waals surface area contributed by atoms with Crippen LogP contribution >= 0.6 is 0 Å². The van der Waals surface area contributed by atoms with E-state index in [1.54, 1.807) is 0 Å². The van der Waals surface area contributed by atoms with Crippen molar-refractivity contribution in [1.82, 2.24) is 0 Å². The van der Waals surface area contributed by atoms with E-state index in [9.17, 15) is 0 Å². The van der Waals surface area contributed by atoms with Gasteiger partial charge < -0.3 is 8.83 Å². The minimum Gasteiger partial charge on any atom is -0.456 e. The summed E-state index contributed by atoms with van der Waals surface area (Å²) in [6, 6.07) is 66.7. The van der Waals surface area contributed by atoms with E-state index in [0.717, 1.165) is 49.4 Å². The zero-order valence-electron chi connectivity index (χ0n) is 32.6. The van der Waals surface area contributed by atoms with E-state index in [4.69, 9.17) is 8.83 Å². The van der Waals surface area contributed by atoms with Gasteiger partial charge in [-0.25, -0.2) is 0 Å². The molecule has 12 aromatic rings. The molecule has 2 nitrogen and oxygen atoms in total. The van der Waals surface area contributed by atoms with Crippen LogP contribution in [0.5, 0.6) is 0 Å². The van der Waals surface area contributed by atoms with E-state index in [1.807, 2.05) is 18.2 Å². The van der Waals surface area contributed by atoms with Gasteiger partial charge in [0.25, 0.3) is 0 Å². The van der Waals surface area contributed by atoms with Crippen LogP contribution in [-0.2, 0) is 5.41 Å². The second-order valence-electron chi connectivity index (χ2n) is 16.8. The molecule has 0 unspecified atom stereocenters. The summed E-state index contributed by atoms with van der Waals surface area (Å²) < 4.78 is 12.6. The highest BCUT2D eigenvalue weighted by atomic mass is 16.3. The first kappa shape index (κ1) is 32.6. The summed E-state index contributed by atoms with van der Waals surface area (Å²) in [4.78, 5) is 0. The fourth-order valence-electron chi connectivity index (χ4n) is 10.2. The Morgan fingerprint density at radius 2 is 0.695 bits per heavy atom. The Bertz CT molecular complexity index is 3720. The van der Waals surface area contributed by atoms with Crippen LogP contribution in [-0.4, -0.2) is 0 Å². The molecule has 1 aliphatic carbocycles. The predicted octanol–water partition coefficient (Wildman–Crippen LogP) is 16.3. The van der Waals surface area contributed by atoms with E-state index in [1.165, 1.54) is 82.4 Å². The highest BCUT2D eigenvalue weighted by molar-refractivity contribution is 6.26. The van der Waals surface area contributed by atoms with Gasteiger partial charge in [-0.3, -0.25) is 0 Å². The van der Waals surface area contributed by atoms with Crippen molar-refractivity contribution < 1.29 is 8.83 Å². The molecule has 0 spiro atoms. The molecule has 0 radical (unpaired) electrons. The second-order valence-corrected chi connectivity index (χ2v) is 16.8. The first-order valence-corrected chi connectivity index (χ1v) is 20.5. The number of benzene rings is 10. The molecule has 0 N–H and O–H groups in total. The summed E-state index contributed by atoms with van der Waals surface area (Å²) in [5.41, 5.74) is 16.2. The average Bonchev–Trinajstić information content (AvgIpc) is 3.91. The molecule has 0 amide bonds. The maximum absolute atomic E-state index is 6.35. The summed E-state index contributed by atoms with van der Waals surface area (Å²) in [6.45, 7) is 4.71. The van der Waals surface area contributed by atoms with Gasteiger partial charge in [-0.05, 0) is 136 Å². The number of hydrogen-bond acceptors (Lipinski definition) is 2. The Hall–Kier alpha value is -7.42. The van der Waals surface area contributed by atoms with Gasteiger partial charge in [-0.2, -0.15) is 0 Å². The van der Waals surface area contributed by atoms with Crippen LogP contribution in [0.15, 0.2) is 191 Å². The van der Waals surface area contributed by atoms with Gasteiger partial charge in [0, 0.05) is 27.0 Å². The summed E-state index contributed by atoms with van der Waals surface area (Å²) in [7, 11) is 0. The smallest absolute Gasteiger partial charge is 0.136 e. The molecule has 59 heavy (non-hydrogen) atoms. The lowest BCUT2D eigenvalue weighted by molar-refractivity contribution is 0.660. The summed E-state index contributed by atoms with van der Waals surface area (Å²) in [5.74, 6) is 0. The van der Waals surface area contributed by atoms with E-state index in [0.29, 0.717) is 0 Å². The van der Waals surface area contributed by atoms with Crippen molar-refractivity contribution in [3.63, 3.8) is 0 Å². The largest absolute Gasteiger partial charge is 0.456 e. The zero-order chi connectivity index (χ0) is 39.0. The second kappa shape index (κ2) is 11.8. The molecule has 10 aromatic carbocycles. The van der Waals surface area contributed by atoms with Gasteiger partial charge in [0.1, 0.15) is 22.3 Å². The molecule has 0 saturated heterocycles. The number of rotatable bonds is 3. The van der Waals surface area contributed by atoms with E-state index < -0.39 is 0 Å². The molecule has 1 aliphatic rings. The Balaban J connectivity index is 0.868. The lowest BCUT2D eigenvalue weighted by atomic mass is 9.81. The van der Waals surface area contributed by atoms with Crippen LogP contribution in [0.1, 0.15) is 25.0 Å². The third-order valence-corrected chi connectivity index (χ3v) is 13.3. The molecule has 0 fully saturated rings. The standard InChI is InChI=1S/C57H36O2/c1-57(2)51-13-7-5-11-43(51)44-25-21-38(30-52(44)57)37-20-24-42-41-23-19-35(27-46(41)39-9-3-4-10-40(39)47(42)28-37)33-15-17-34(18-16-33)36-22-26-54-48(29-36)50-32-55-49(31-56(50)59-54)45-12-6-8-14-53(45)58-55/h3-32H,1-2H3. The molecule has 0 atom stereocenters. The molecule has 0 saturated carbocycles. The normalized spacial score (nSPS) is 13.4. The molecule has 2 aromatic heterocycles. The molecule has 0 bridgehead atoms. The van der Waals surface area contributed by atoms with Gasteiger partial charge >= 0.3 is 0 Å². The Labute approximate surface area is 340 Å². The molecule has 13 rings (SSSR count). The maximum atomic E-state index is 6.35. The Morgan fingerprint density at radius 3 is 1.37 bits per heavy atom. The minimum absolute atomic E-state index is 0.0332. The van der Waals surface area contributed by atoms with Crippen LogP contribution in [0.4, 0.5) is 0 Å². The highest BCUT2D eigenvalue weighted by Crippen LogP contribution is 2.50. The molecule has 2 heteroatoms. The number of hydrogen-bond donors (Lipinski definition) is 0. The first-order chi connectivity index (χ1) is 29.0. The van der Waals surface area contributed by atoms with Crippen molar-refractivity contribution in [1.29, 1.82) is 0 Å². The molecule has 2 heterocycles. The quantitative estimate of drug-likeness (QED) is 0.168. The van der Waals surface area contributed by atoms with Gasteiger partial charge in [0.15, 0.2) is 0 Å². The molecular weight excluding hydrogens is 717 g/mol. The van der Waals surface area contributed by atoms with Crippen LogP contribution in [0.25, 0.3) is 121 Å². The Kier molecular flexibility index (Phi) is 6.54. The van der Waals surface area contributed by atoms with Crippen molar-refractivity contribution in [3.05, 3.63) is 193 Å². The molecule has 276 valence electrons. The van der Waals surface area contributed by atoms with Crippen molar-refractivity contribution in [3.8, 4) is 44.5 Å². The van der Waals surface area contributed by atoms with Crippen LogP contribution in [0.3, 0.4) is 0 Å². The Morgan fingerprint density at radius 1 is 0.271 bits per heavy atom. The van der Waals surface area contributed by atoms with Gasteiger partial charge in [-0.1, -0.05) is 147 Å². The molecule has 0 aliphatic heterocycles. The zero-order valence-corrected chi connectivity index (χ0v) is 32.6. The van der Waals surface area contributed by atoms with E-state index in [-0.39, 0.29) is 5.41 Å². The topological polar surface area (TPSA) is 26.3 Å². The summed E-state index contributed by atoms with van der Waals surface area (Å²) in [5, 5.41) is 12.0. The SMILES string of the molecule is CC1(C)c2ccccc2-c2ccc(-c3ccc4c5ccc(-c6ccc(-c7ccc8oc9cc%10c(cc9c8c7)oc7ccccc7%10)cc6)cc5c5ccccc5c4c3)cc21. The van der Waals surface area contributed by atoms with Crippen molar-refractivity contribution >= 4 is 76.2 Å². The minimum atomic E-state index is -0.0332. The highest BCUT2D eigenvalue weighted by Gasteiger charge is 2.35. The lowest BCUT2D eigenvalue weighted by Gasteiger charge is -2.22. The monoisotopic (exact) mass is 752 g/mol. The average molecular weight is 753 g/mol. The van der Waals surface area contributed by atoms with Crippen molar-refractivity contribution in [2.75, 3.05) is 0 Å². The third-order valence-electron chi connectivity index (χ3n) is 13.3. The van der Waals surface area contributed by atoms with Crippen molar-refractivity contribution in [2.45, 2.75) is 19.3 Å². The fraction of sp³-hybridized carbons (Fsp3) is 0.0526. The number of para-hydroxylation sites is 1. The summed E-state index contributed by atoms with van der Waals surface area (Å²) in [6.07, 6.45) is 0. The predicted molar refractivity (Wildman–Crippen MR) is 247 cm³/mol. The van der Waals surface area contributed by atoms with Crippen LogP contribution < -0.4 is 0 Å². The van der Waals surface area contributed by atoms with Crippen molar-refractivity contribution in [2.24, 2.45) is 0 Å².